The first-order valence-electron chi connectivity index (χ1n) is 12.8. The van der Waals surface area contributed by atoms with Crippen molar-refractivity contribution in [3.63, 3.8) is 0 Å². The lowest BCUT2D eigenvalue weighted by atomic mass is 9.77. The molecule has 11 heteroatoms. The highest BCUT2D eigenvalue weighted by Gasteiger charge is 2.55. The van der Waals surface area contributed by atoms with Crippen LogP contribution in [0.5, 0.6) is 0 Å². The van der Waals surface area contributed by atoms with Crippen LogP contribution in [-0.4, -0.2) is 11.8 Å². The summed E-state index contributed by atoms with van der Waals surface area (Å²) in [5.74, 6) is -8.21. The van der Waals surface area contributed by atoms with Crippen LogP contribution >= 0.6 is 98.7 Å². The van der Waals surface area contributed by atoms with Crippen molar-refractivity contribution in [2.24, 2.45) is 11.8 Å². The third-order valence-electron chi connectivity index (χ3n) is 7.54. The molecule has 0 aliphatic heterocycles. The van der Waals surface area contributed by atoms with Crippen LogP contribution < -0.4 is 0 Å². The molecule has 2 aliphatic rings. The third kappa shape index (κ3) is 7.39. The lowest BCUT2D eigenvalue weighted by Gasteiger charge is -2.51. The first kappa shape index (κ1) is 35.3. The van der Waals surface area contributed by atoms with Crippen LogP contribution in [0.25, 0.3) is 0 Å². The van der Waals surface area contributed by atoms with Crippen LogP contribution in [0.2, 0.25) is 10.0 Å². The van der Waals surface area contributed by atoms with Crippen molar-refractivity contribution in [2.75, 3.05) is 0 Å². The second-order valence-electron chi connectivity index (χ2n) is 10.2. The quantitative estimate of drug-likeness (QED) is 0.169. The molecule has 0 fully saturated rings. The van der Waals surface area contributed by atoms with Gasteiger partial charge in [-0.1, -0.05) is 105 Å². The molecule has 0 N–H and O–H groups in total. The summed E-state index contributed by atoms with van der Waals surface area (Å²) in [4.78, 5) is 0. The van der Waals surface area contributed by atoms with Crippen LogP contribution in [0, 0.1) is 11.8 Å². The fourth-order valence-electron chi connectivity index (χ4n) is 5.31. The molecule has 0 nitrogen and oxygen atoms in total. The maximum Gasteiger partial charge on any atom is 0.266 e. The van der Waals surface area contributed by atoms with E-state index in [1.165, 1.54) is 11.8 Å². The number of halogens is 10. The SMILES string of the molecule is C=CC(F)(F)CC1C(Br)=C(Br)C=CC1(SC1(c2ccc(Cl)cc2)C=CC(Br)=C(Br)C1CC(F)(F)C=C)c1ccc(Cl)cc1. The summed E-state index contributed by atoms with van der Waals surface area (Å²) in [6, 6.07) is 13.9. The molecule has 0 aromatic heterocycles. The molecule has 0 heterocycles. The van der Waals surface area contributed by atoms with E-state index in [2.05, 4.69) is 76.9 Å². The average molecular weight is 907 g/mol. The van der Waals surface area contributed by atoms with Crippen molar-refractivity contribution in [3.05, 3.63) is 137 Å². The average Bonchev–Trinajstić information content (AvgIpc) is 2.97. The van der Waals surface area contributed by atoms with E-state index < -0.39 is 46.0 Å². The molecule has 0 radical (unpaired) electrons. The van der Waals surface area contributed by atoms with E-state index in [-0.39, 0.29) is 0 Å². The second-order valence-corrected chi connectivity index (χ2v) is 16.0. The highest BCUT2D eigenvalue weighted by Crippen LogP contribution is 2.66. The highest BCUT2D eigenvalue weighted by molar-refractivity contribution is 9.14. The Balaban J connectivity index is 2.08. The summed E-state index contributed by atoms with van der Waals surface area (Å²) in [7, 11) is 0. The number of hydrogen-bond acceptors (Lipinski definition) is 1. The number of hydrogen-bond donors (Lipinski definition) is 0. The molecule has 4 unspecified atom stereocenters. The van der Waals surface area contributed by atoms with E-state index in [1.54, 1.807) is 60.7 Å². The van der Waals surface area contributed by atoms with Gasteiger partial charge in [-0.05, 0) is 91.6 Å². The zero-order valence-corrected chi connectivity index (χ0v) is 30.9. The Bertz CT molecular complexity index is 1410. The molecule has 4 rings (SSSR count). The molecule has 2 aromatic rings. The second kappa shape index (κ2) is 13.7. The van der Waals surface area contributed by atoms with Gasteiger partial charge in [0.2, 0.25) is 0 Å². The minimum atomic E-state index is -3.24. The summed E-state index contributed by atoms with van der Waals surface area (Å²) >= 11 is 28.1. The monoisotopic (exact) mass is 902 g/mol. The van der Waals surface area contributed by atoms with Gasteiger partial charge in [-0.25, -0.2) is 17.6 Å². The van der Waals surface area contributed by atoms with Crippen molar-refractivity contribution in [1.82, 2.24) is 0 Å². The Kier molecular flexibility index (Phi) is 11.2. The zero-order chi connectivity index (χ0) is 31.8. The molecule has 0 saturated heterocycles. The van der Waals surface area contributed by atoms with Gasteiger partial charge in [-0.2, -0.15) is 0 Å². The first-order valence-corrected chi connectivity index (χ1v) is 17.6. The van der Waals surface area contributed by atoms with Gasteiger partial charge in [0, 0.05) is 52.7 Å². The summed E-state index contributed by atoms with van der Waals surface area (Å²) in [5.41, 5.74) is 1.33. The molecule has 228 valence electrons. The van der Waals surface area contributed by atoms with Gasteiger partial charge < -0.3 is 0 Å². The predicted octanol–water partition coefficient (Wildman–Crippen LogP) is 13.6. The lowest BCUT2D eigenvalue weighted by Crippen LogP contribution is -2.44. The van der Waals surface area contributed by atoms with Crippen molar-refractivity contribution < 1.29 is 17.6 Å². The van der Waals surface area contributed by atoms with Crippen molar-refractivity contribution in [3.8, 4) is 0 Å². The Morgan fingerprint density at radius 3 is 1.30 bits per heavy atom. The largest absolute Gasteiger partial charge is 0.266 e. The topological polar surface area (TPSA) is 0 Å². The van der Waals surface area contributed by atoms with Gasteiger partial charge in [-0.3, -0.25) is 0 Å². The molecule has 0 bridgehead atoms. The maximum absolute atomic E-state index is 15.3. The van der Waals surface area contributed by atoms with Crippen LogP contribution in [0.4, 0.5) is 17.6 Å². The number of thioether (sulfide) groups is 1. The summed E-state index contributed by atoms with van der Waals surface area (Å²) in [6.45, 7) is 6.74. The minimum absolute atomic E-state index is 0.468. The van der Waals surface area contributed by atoms with Crippen molar-refractivity contribution >= 4 is 98.7 Å². The standard InChI is InChI=1S/C32H24Br4Cl2F4S/c1-3-29(39,40)17-23-27(35)25(33)13-15-31(23,19-5-9-21(37)10-6-19)43-32(20-7-11-22(38)12-8-20)16-14-26(34)28(36)24(32)18-30(41,42)4-2/h3-16,23-24H,1-2,17-18H2. The summed E-state index contributed by atoms with van der Waals surface area (Å²) in [6.07, 6.45) is 7.35. The van der Waals surface area contributed by atoms with E-state index in [4.69, 9.17) is 23.2 Å². The van der Waals surface area contributed by atoms with Gasteiger partial charge in [-0.15, -0.1) is 11.8 Å². The Hall–Kier alpha value is -0.550. The maximum atomic E-state index is 15.3. The van der Waals surface area contributed by atoms with E-state index in [0.29, 0.717) is 51.3 Å². The predicted molar refractivity (Wildman–Crippen MR) is 188 cm³/mol. The fraction of sp³-hybridized carbons (Fsp3) is 0.250. The number of benzene rings is 2. The van der Waals surface area contributed by atoms with Gasteiger partial charge in [0.25, 0.3) is 11.8 Å². The van der Waals surface area contributed by atoms with Crippen LogP contribution in [0.3, 0.4) is 0 Å². The Morgan fingerprint density at radius 1 is 0.674 bits per heavy atom. The zero-order valence-electron chi connectivity index (χ0n) is 22.3. The van der Waals surface area contributed by atoms with Crippen molar-refractivity contribution in [2.45, 2.75) is 34.2 Å². The molecule has 2 aromatic carbocycles. The van der Waals surface area contributed by atoms with E-state index in [9.17, 15) is 0 Å². The third-order valence-corrected chi connectivity index (χ3v) is 14.4. The van der Waals surface area contributed by atoms with Crippen molar-refractivity contribution in [1.29, 1.82) is 0 Å². The number of allylic oxidation sites excluding steroid dienone is 8. The molecule has 2 aliphatic carbocycles. The highest BCUT2D eigenvalue weighted by atomic mass is 79.9. The normalized spacial score (nSPS) is 26.2. The smallest absolute Gasteiger partial charge is 0.202 e. The molecule has 0 amide bonds. The van der Waals surface area contributed by atoms with E-state index in [0.717, 1.165) is 0 Å². The Labute approximate surface area is 297 Å². The minimum Gasteiger partial charge on any atom is -0.202 e. The number of alkyl halides is 4. The molecule has 4 atom stereocenters. The lowest BCUT2D eigenvalue weighted by molar-refractivity contribution is 0.0291. The van der Waals surface area contributed by atoms with Crippen LogP contribution in [-0.2, 0) is 9.49 Å². The van der Waals surface area contributed by atoms with Gasteiger partial charge in [0.1, 0.15) is 0 Å². The number of rotatable bonds is 10. The fourth-order valence-corrected chi connectivity index (χ4v) is 10.0. The van der Waals surface area contributed by atoms with E-state index in [1.807, 2.05) is 12.2 Å². The Morgan fingerprint density at radius 2 is 1.00 bits per heavy atom. The molecule has 43 heavy (non-hydrogen) atoms. The van der Waals surface area contributed by atoms with Crippen LogP contribution in [0.15, 0.2) is 116 Å². The van der Waals surface area contributed by atoms with Crippen LogP contribution in [0.1, 0.15) is 24.0 Å². The van der Waals surface area contributed by atoms with E-state index >= 15 is 17.6 Å². The van der Waals surface area contributed by atoms with Gasteiger partial charge in [0.15, 0.2) is 0 Å². The molecular weight excluding hydrogens is 883 g/mol. The molecule has 0 saturated carbocycles. The summed E-state index contributed by atoms with van der Waals surface area (Å²) < 4.78 is 60.9. The van der Waals surface area contributed by atoms with Gasteiger partial charge in [0.05, 0.1) is 9.49 Å². The molecule has 0 spiro atoms. The first-order chi connectivity index (χ1) is 20.1. The summed E-state index contributed by atoms with van der Waals surface area (Å²) in [5, 5.41) is 0.936. The van der Waals surface area contributed by atoms with Gasteiger partial charge >= 0.3 is 0 Å². The molecular formula is C32H24Br4Cl2F4S.